The Bertz CT molecular complexity index is 306. The second kappa shape index (κ2) is 9.45. The van der Waals surface area contributed by atoms with Crippen LogP contribution in [0, 0.1) is 11.8 Å². The van der Waals surface area contributed by atoms with Gasteiger partial charge in [0.1, 0.15) is 0 Å². The first-order chi connectivity index (χ1) is 10.0. The van der Waals surface area contributed by atoms with E-state index in [9.17, 15) is 9.90 Å². The quantitative estimate of drug-likeness (QED) is 0.678. The number of aliphatic carboxylic acids is 1. The molecule has 1 fully saturated rings. The van der Waals surface area contributed by atoms with E-state index in [2.05, 4.69) is 32.6 Å². The maximum atomic E-state index is 11.7. The zero-order chi connectivity index (χ0) is 15.8. The van der Waals surface area contributed by atoms with E-state index >= 15 is 0 Å². The van der Waals surface area contributed by atoms with Crippen LogP contribution in [0.15, 0.2) is 0 Å². The lowest BCUT2D eigenvalue weighted by molar-refractivity contribution is -0.147. The van der Waals surface area contributed by atoms with Gasteiger partial charge in [0.05, 0.1) is 5.92 Å². The number of carbonyl (C=O) groups is 1. The van der Waals surface area contributed by atoms with Gasteiger partial charge in [-0.3, -0.25) is 9.69 Å². The Morgan fingerprint density at radius 2 is 1.95 bits per heavy atom. The van der Waals surface area contributed by atoms with Crippen LogP contribution in [0.3, 0.4) is 0 Å². The lowest BCUT2D eigenvalue weighted by atomic mass is 9.75. The highest BCUT2D eigenvalue weighted by molar-refractivity contribution is 5.71. The molecule has 0 radical (unpaired) electrons. The number of hydrogen-bond donors (Lipinski definition) is 1. The molecule has 0 aliphatic heterocycles. The summed E-state index contributed by atoms with van der Waals surface area (Å²) in [4.78, 5) is 14.2. The van der Waals surface area contributed by atoms with Gasteiger partial charge in [-0.2, -0.15) is 0 Å². The molecule has 1 N–H and O–H groups in total. The minimum absolute atomic E-state index is 0.163. The van der Waals surface area contributed by atoms with Crippen LogP contribution in [0.1, 0.15) is 79.1 Å². The summed E-state index contributed by atoms with van der Waals surface area (Å²) in [6, 6.07) is 0.734. The van der Waals surface area contributed by atoms with Crippen molar-refractivity contribution in [3.05, 3.63) is 0 Å². The van der Waals surface area contributed by atoms with E-state index in [0.29, 0.717) is 6.04 Å². The van der Waals surface area contributed by atoms with E-state index < -0.39 is 5.97 Å². The van der Waals surface area contributed by atoms with Crippen molar-refractivity contribution >= 4 is 5.97 Å². The highest BCUT2D eigenvalue weighted by Crippen LogP contribution is 2.36. The van der Waals surface area contributed by atoms with Crippen LogP contribution in [0.5, 0.6) is 0 Å². The highest BCUT2D eigenvalue weighted by atomic mass is 16.4. The molecular formula is C18H35NO2. The predicted octanol–water partition coefficient (Wildman–Crippen LogP) is 4.56. The van der Waals surface area contributed by atoms with Crippen molar-refractivity contribution in [2.75, 3.05) is 6.54 Å². The van der Waals surface area contributed by atoms with Gasteiger partial charge < -0.3 is 5.11 Å². The maximum absolute atomic E-state index is 11.7. The van der Waals surface area contributed by atoms with Gasteiger partial charge in [-0.05, 0) is 51.5 Å². The fraction of sp³-hybridized carbons (Fsp3) is 0.944. The molecule has 4 atom stereocenters. The Morgan fingerprint density at radius 3 is 2.48 bits per heavy atom. The number of carboxylic acids is 1. The third-order valence-corrected chi connectivity index (χ3v) is 5.29. The molecule has 4 unspecified atom stereocenters. The average Bonchev–Trinajstić information content (AvgIpc) is 2.47. The summed E-state index contributed by atoms with van der Waals surface area (Å²) in [5.41, 5.74) is 0. The van der Waals surface area contributed by atoms with Crippen molar-refractivity contribution in [1.29, 1.82) is 0 Å². The van der Waals surface area contributed by atoms with Crippen molar-refractivity contribution in [2.45, 2.75) is 91.1 Å². The Kier molecular flexibility index (Phi) is 8.31. The SMILES string of the molecule is CCCCN(C(C)CC)C1CC(CCC)CCC1C(=O)O. The molecule has 0 amide bonds. The van der Waals surface area contributed by atoms with Gasteiger partial charge in [-0.25, -0.2) is 0 Å². The third kappa shape index (κ3) is 5.28. The van der Waals surface area contributed by atoms with Crippen LogP contribution >= 0.6 is 0 Å². The van der Waals surface area contributed by atoms with Crippen LogP contribution in [0.4, 0.5) is 0 Å². The molecule has 0 saturated heterocycles. The van der Waals surface area contributed by atoms with Crippen LogP contribution < -0.4 is 0 Å². The topological polar surface area (TPSA) is 40.5 Å². The Morgan fingerprint density at radius 1 is 1.24 bits per heavy atom. The first kappa shape index (κ1) is 18.5. The molecule has 0 heterocycles. The maximum Gasteiger partial charge on any atom is 0.308 e. The van der Waals surface area contributed by atoms with Gasteiger partial charge >= 0.3 is 5.97 Å². The van der Waals surface area contributed by atoms with Gasteiger partial charge in [-0.1, -0.05) is 40.0 Å². The van der Waals surface area contributed by atoms with Gasteiger partial charge in [0.25, 0.3) is 0 Å². The minimum Gasteiger partial charge on any atom is -0.481 e. The molecule has 1 aliphatic rings. The van der Waals surface area contributed by atoms with Crippen molar-refractivity contribution in [2.24, 2.45) is 11.8 Å². The zero-order valence-corrected chi connectivity index (χ0v) is 14.5. The van der Waals surface area contributed by atoms with Crippen LogP contribution in [0.2, 0.25) is 0 Å². The zero-order valence-electron chi connectivity index (χ0n) is 14.5. The first-order valence-electron chi connectivity index (χ1n) is 9.03. The Labute approximate surface area is 131 Å². The number of nitrogens with zero attached hydrogens (tertiary/aromatic N) is 1. The molecule has 1 saturated carbocycles. The molecule has 0 aromatic rings. The van der Waals surface area contributed by atoms with Crippen molar-refractivity contribution in [1.82, 2.24) is 4.90 Å². The van der Waals surface area contributed by atoms with E-state index in [1.807, 2.05) is 0 Å². The molecule has 1 aliphatic carbocycles. The van der Waals surface area contributed by atoms with Crippen LogP contribution in [-0.4, -0.2) is 34.6 Å². The fourth-order valence-corrected chi connectivity index (χ4v) is 3.84. The molecule has 1 rings (SSSR count). The van der Waals surface area contributed by atoms with E-state index in [1.54, 1.807) is 0 Å². The van der Waals surface area contributed by atoms with E-state index in [1.165, 1.54) is 25.7 Å². The molecule has 21 heavy (non-hydrogen) atoms. The smallest absolute Gasteiger partial charge is 0.308 e. The average molecular weight is 297 g/mol. The summed E-state index contributed by atoms with van der Waals surface area (Å²) >= 11 is 0. The summed E-state index contributed by atoms with van der Waals surface area (Å²) in [7, 11) is 0. The molecular weight excluding hydrogens is 262 g/mol. The standard InChI is InChI=1S/C18H35NO2/c1-5-8-12-19(14(4)7-3)17-13-15(9-6-2)10-11-16(17)18(20)21/h14-17H,5-13H2,1-4H3,(H,20,21). The molecule has 0 aromatic carbocycles. The van der Waals surface area contributed by atoms with E-state index in [-0.39, 0.29) is 12.0 Å². The predicted molar refractivity (Wildman–Crippen MR) is 88.5 cm³/mol. The summed E-state index contributed by atoms with van der Waals surface area (Å²) < 4.78 is 0. The van der Waals surface area contributed by atoms with Gasteiger partial charge in [-0.15, -0.1) is 0 Å². The second-order valence-corrected chi connectivity index (χ2v) is 6.83. The first-order valence-corrected chi connectivity index (χ1v) is 9.03. The van der Waals surface area contributed by atoms with Gasteiger partial charge in [0.2, 0.25) is 0 Å². The van der Waals surface area contributed by atoms with Gasteiger partial charge in [0, 0.05) is 12.1 Å². The lowest BCUT2D eigenvalue weighted by Gasteiger charge is -2.44. The molecule has 3 heteroatoms. The number of unbranched alkanes of at least 4 members (excludes halogenated alkanes) is 1. The summed E-state index contributed by atoms with van der Waals surface area (Å²) in [6.45, 7) is 9.98. The Balaban J connectivity index is 2.86. The largest absolute Gasteiger partial charge is 0.481 e. The second-order valence-electron chi connectivity index (χ2n) is 6.83. The van der Waals surface area contributed by atoms with Crippen molar-refractivity contribution < 1.29 is 9.90 Å². The minimum atomic E-state index is -0.584. The highest BCUT2D eigenvalue weighted by Gasteiger charge is 2.39. The van der Waals surface area contributed by atoms with Gasteiger partial charge in [0.15, 0.2) is 0 Å². The monoisotopic (exact) mass is 297 g/mol. The number of rotatable bonds is 9. The fourth-order valence-electron chi connectivity index (χ4n) is 3.84. The summed E-state index contributed by atoms with van der Waals surface area (Å²) in [5, 5.41) is 9.63. The van der Waals surface area contributed by atoms with Crippen LogP contribution in [0.25, 0.3) is 0 Å². The van der Waals surface area contributed by atoms with Crippen molar-refractivity contribution in [3.63, 3.8) is 0 Å². The molecule has 0 bridgehead atoms. The molecule has 124 valence electrons. The normalized spacial score (nSPS) is 27.8. The summed E-state index contributed by atoms with van der Waals surface area (Å²) in [6.07, 6.45) is 8.97. The lowest BCUT2D eigenvalue weighted by Crippen LogP contribution is -2.51. The molecule has 0 spiro atoms. The molecule has 3 nitrogen and oxygen atoms in total. The number of carboxylic acid groups (broad SMARTS) is 1. The Hall–Kier alpha value is -0.570. The third-order valence-electron chi connectivity index (χ3n) is 5.29. The summed E-state index contributed by atoms with van der Waals surface area (Å²) in [5.74, 6) is -0.0208. The number of hydrogen-bond acceptors (Lipinski definition) is 2. The van der Waals surface area contributed by atoms with Crippen LogP contribution in [-0.2, 0) is 4.79 Å². The van der Waals surface area contributed by atoms with Crippen molar-refractivity contribution in [3.8, 4) is 0 Å². The van der Waals surface area contributed by atoms with E-state index in [4.69, 9.17) is 0 Å². The van der Waals surface area contributed by atoms with E-state index in [0.717, 1.165) is 38.1 Å². The molecule has 0 aromatic heterocycles.